The van der Waals surface area contributed by atoms with E-state index >= 15 is 0 Å². The van der Waals surface area contributed by atoms with Crippen molar-refractivity contribution in [2.45, 2.75) is 46.1 Å². The molecule has 4 nitrogen and oxygen atoms in total. The van der Waals surface area contributed by atoms with Gasteiger partial charge in [-0.1, -0.05) is 20.8 Å². The maximum atomic E-state index is 5.66. The molecule has 0 bridgehead atoms. The molecule has 0 N–H and O–H groups in total. The summed E-state index contributed by atoms with van der Waals surface area (Å²) in [4.78, 5) is 7.13. The van der Waals surface area contributed by atoms with E-state index in [0.29, 0.717) is 12.0 Å². The van der Waals surface area contributed by atoms with Crippen LogP contribution in [0.5, 0.6) is 0 Å². The second kappa shape index (κ2) is 6.18. The number of rotatable bonds is 4. The highest BCUT2D eigenvalue weighted by molar-refractivity contribution is 7.09. The minimum absolute atomic E-state index is 0.295. The summed E-state index contributed by atoms with van der Waals surface area (Å²) in [7, 11) is 0. The summed E-state index contributed by atoms with van der Waals surface area (Å²) in [6.07, 6.45) is 5.03. The molecule has 3 heterocycles. The fraction of sp³-hybridized carbons (Fsp3) is 0.625. The molecule has 1 aliphatic rings. The third-order valence-corrected chi connectivity index (χ3v) is 4.82. The molecule has 0 spiro atoms. The van der Waals surface area contributed by atoms with E-state index in [4.69, 9.17) is 9.40 Å². The Morgan fingerprint density at radius 1 is 1.48 bits per heavy atom. The van der Waals surface area contributed by atoms with Gasteiger partial charge in [0.05, 0.1) is 12.3 Å². The minimum Gasteiger partial charge on any atom is -0.467 e. The van der Waals surface area contributed by atoms with Crippen molar-refractivity contribution < 1.29 is 4.42 Å². The van der Waals surface area contributed by atoms with Crippen molar-refractivity contribution in [2.24, 2.45) is 11.8 Å². The summed E-state index contributed by atoms with van der Waals surface area (Å²) in [6, 6.07) is 4.34. The standard InChI is InChI=1S/C16H23N3OS/c1-11(2)9-15-17-16(21-18-15)19-7-6-12(3)10-13(19)14-5-4-8-20-14/h4-5,8,11-13H,6-7,9-10H2,1-3H3. The topological polar surface area (TPSA) is 42.2 Å². The SMILES string of the molecule is CC(C)Cc1nsc(N2CCC(C)CC2c2ccco2)n1. The van der Waals surface area contributed by atoms with Gasteiger partial charge in [-0.25, -0.2) is 4.98 Å². The first-order chi connectivity index (χ1) is 10.1. The van der Waals surface area contributed by atoms with Gasteiger partial charge < -0.3 is 9.32 Å². The Kier molecular flexibility index (Phi) is 4.29. The van der Waals surface area contributed by atoms with Crippen LogP contribution in [-0.4, -0.2) is 15.9 Å². The van der Waals surface area contributed by atoms with Gasteiger partial charge in [-0.15, -0.1) is 0 Å². The predicted octanol–water partition coefficient (Wildman–Crippen LogP) is 4.31. The molecule has 2 aromatic rings. The number of piperidine rings is 1. The molecule has 0 radical (unpaired) electrons. The average Bonchev–Trinajstić information content (AvgIpc) is 3.09. The zero-order valence-electron chi connectivity index (χ0n) is 13.0. The van der Waals surface area contributed by atoms with Crippen LogP contribution >= 0.6 is 11.5 Å². The summed E-state index contributed by atoms with van der Waals surface area (Å²) < 4.78 is 10.2. The van der Waals surface area contributed by atoms with Crippen molar-refractivity contribution in [1.82, 2.24) is 9.36 Å². The molecule has 1 saturated heterocycles. The maximum Gasteiger partial charge on any atom is 0.205 e. The van der Waals surface area contributed by atoms with Gasteiger partial charge in [0.15, 0.2) is 0 Å². The summed E-state index contributed by atoms with van der Waals surface area (Å²) in [5.74, 6) is 3.33. The van der Waals surface area contributed by atoms with Gasteiger partial charge in [0.2, 0.25) is 5.13 Å². The molecule has 2 atom stereocenters. The summed E-state index contributed by atoms with van der Waals surface area (Å²) in [5.41, 5.74) is 0. The first kappa shape index (κ1) is 14.6. The van der Waals surface area contributed by atoms with E-state index in [1.807, 2.05) is 6.07 Å². The molecule has 0 amide bonds. The molecule has 0 aliphatic carbocycles. The monoisotopic (exact) mass is 305 g/mol. The molecular weight excluding hydrogens is 282 g/mol. The lowest BCUT2D eigenvalue weighted by atomic mass is 9.91. The molecule has 0 saturated carbocycles. The number of hydrogen-bond acceptors (Lipinski definition) is 5. The lowest BCUT2D eigenvalue weighted by molar-refractivity contribution is 0.328. The van der Waals surface area contributed by atoms with Crippen LogP contribution in [0.3, 0.4) is 0 Å². The molecular formula is C16H23N3OS. The van der Waals surface area contributed by atoms with Crippen molar-refractivity contribution in [3.05, 3.63) is 30.0 Å². The van der Waals surface area contributed by atoms with Crippen LogP contribution in [0.15, 0.2) is 22.8 Å². The third-order valence-electron chi connectivity index (χ3n) is 4.03. The van der Waals surface area contributed by atoms with Crippen molar-refractivity contribution in [1.29, 1.82) is 0 Å². The predicted molar refractivity (Wildman–Crippen MR) is 85.6 cm³/mol. The van der Waals surface area contributed by atoms with Crippen LogP contribution in [-0.2, 0) is 6.42 Å². The minimum atomic E-state index is 0.295. The molecule has 1 fully saturated rings. The van der Waals surface area contributed by atoms with Gasteiger partial charge in [-0.05, 0) is 36.8 Å². The Bertz CT molecular complexity index is 564. The lowest BCUT2D eigenvalue weighted by Crippen LogP contribution is -2.36. The Balaban J connectivity index is 1.82. The Morgan fingerprint density at radius 2 is 2.33 bits per heavy atom. The Morgan fingerprint density at radius 3 is 3.05 bits per heavy atom. The quantitative estimate of drug-likeness (QED) is 0.844. The summed E-state index contributed by atoms with van der Waals surface area (Å²) in [6.45, 7) is 7.75. The van der Waals surface area contributed by atoms with Crippen molar-refractivity contribution >= 4 is 16.7 Å². The molecule has 21 heavy (non-hydrogen) atoms. The fourth-order valence-electron chi connectivity index (χ4n) is 2.93. The molecule has 5 heteroatoms. The first-order valence-electron chi connectivity index (χ1n) is 7.76. The van der Waals surface area contributed by atoms with Crippen LogP contribution in [0.4, 0.5) is 5.13 Å². The smallest absolute Gasteiger partial charge is 0.205 e. The van der Waals surface area contributed by atoms with Crippen LogP contribution in [0.1, 0.15) is 51.2 Å². The van der Waals surface area contributed by atoms with Crippen LogP contribution < -0.4 is 4.90 Å². The fourth-order valence-corrected chi connectivity index (χ4v) is 3.70. The first-order valence-corrected chi connectivity index (χ1v) is 8.53. The molecule has 1 aliphatic heterocycles. The van der Waals surface area contributed by atoms with E-state index in [1.165, 1.54) is 18.0 Å². The molecule has 3 rings (SSSR count). The van der Waals surface area contributed by atoms with Gasteiger partial charge in [-0.2, -0.15) is 4.37 Å². The van der Waals surface area contributed by atoms with E-state index in [9.17, 15) is 0 Å². The second-order valence-corrected chi connectivity index (χ2v) is 7.18. The normalized spacial score (nSPS) is 23.0. The Hall–Kier alpha value is -1.36. The van der Waals surface area contributed by atoms with Crippen molar-refractivity contribution in [2.75, 3.05) is 11.4 Å². The number of aromatic nitrogens is 2. The molecule has 2 unspecified atom stereocenters. The maximum absolute atomic E-state index is 5.66. The van der Waals surface area contributed by atoms with E-state index < -0.39 is 0 Å². The lowest BCUT2D eigenvalue weighted by Gasteiger charge is -2.37. The molecule has 114 valence electrons. The average molecular weight is 305 g/mol. The van der Waals surface area contributed by atoms with E-state index in [-0.39, 0.29) is 0 Å². The Labute approximate surface area is 130 Å². The van der Waals surface area contributed by atoms with Crippen LogP contribution in [0.25, 0.3) is 0 Å². The van der Waals surface area contributed by atoms with E-state index in [0.717, 1.165) is 42.0 Å². The van der Waals surface area contributed by atoms with Gasteiger partial charge in [0.1, 0.15) is 11.6 Å². The van der Waals surface area contributed by atoms with Crippen LogP contribution in [0, 0.1) is 11.8 Å². The van der Waals surface area contributed by atoms with Crippen LogP contribution in [0.2, 0.25) is 0 Å². The van der Waals surface area contributed by atoms with Gasteiger partial charge in [-0.3, -0.25) is 0 Å². The van der Waals surface area contributed by atoms with E-state index in [2.05, 4.69) is 36.1 Å². The number of nitrogens with zero attached hydrogens (tertiary/aromatic N) is 3. The third kappa shape index (κ3) is 3.28. The zero-order valence-corrected chi connectivity index (χ0v) is 13.8. The van der Waals surface area contributed by atoms with Gasteiger partial charge in [0.25, 0.3) is 0 Å². The highest BCUT2D eigenvalue weighted by Crippen LogP contribution is 2.38. The summed E-state index contributed by atoms with van der Waals surface area (Å²) in [5, 5.41) is 1.04. The molecule has 2 aromatic heterocycles. The zero-order chi connectivity index (χ0) is 14.8. The largest absolute Gasteiger partial charge is 0.467 e. The van der Waals surface area contributed by atoms with Crippen molar-refractivity contribution in [3.8, 4) is 0 Å². The highest BCUT2D eigenvalue weighted by Gasteiger charge is 2.31. The number of anilines is 1. The second-order valence-electron chi connectivity index (χ2n) is 6.45. The van der Waals surface area contributed by atoms with Crippen molar-refractivity contribution in [3.63, 3.8) is 0 Å². The highest BCUT2D eigenvalue weighted by atomic mass is 32.1. The van der Waals surface area contributed by atoms with Gasteiger partial charge in [0, 0.05) is 24.5 Å². The number of hydrogen-bond donors (Lipinski definition) is 0. The summed E-state index contributed by atoms with van der Waals surface area (Å²) >= 11 is 1.52. The van der Waals surface area contributed by atoms with E-state index in [1.54, 1.807) is 6.26 Å². The van der Waals surface area contributed by atoms with Gasteiger partial charge >= 0.3 is 0 Å². The molecule has 0 aromatic carbocycles. The number of furan rings is 1.